The van der Waals surface area contributed by atoms with Crippen LogP contribution in [0.2, 0.25) is 0 Å². The van der Waals surface area contributed by atoms with Gasteiger partial charge in [0.15, 0.2) is 0 Å². The monoisotopic (exact) mass is 376 g/mol. The number of amides is 1. The third-order valence-corrected chi connectivity index (χ3v) is 3.82. The van der Waals surface area contributed by atoms with Crippen LogP contribution in [0.5, 0.6) is 5.75 Å². The van der Waals surface area contributed by atoms with E-state index in [1.165, 1.54) is 0 Å². The molecule has 122 valence electrons. The zero-order valence-corrected chi connectivity index (χ0v) is 14.5. The number of nitrogens with two attached hydrogens (primary N) is 1. The molecule has 2 aromatic carbocycles. The first-order valence-corrected chi connectivity index (χ1v) is 8.44. The normalized spacial score (nSPS) is 10.3. The molecule has 0 atom stereocenters. The number of benzene rings is 2. The van der Waals surface area contributed by atoms with Crippen molar-refractivity contribution in [1.82, 2.24) is 5.32 Å². The molecule has 0 radical (unpaired) electrons. The summed E-state index contributed by atoms with van der Waals surface area (Å²) in [6.07, 6.45) is 1.78. The Hall–Kier alpha value is -1.85. The van der Waals surface area contributed by atoms with Crippen molar-refractivity contribution >= 4 is 21.8 Å². The van der Waals surface area contributed by atoms with E-state index in [4.69, 9.17) is 10.5 Å². The number of unbranched alkanes of at least 4 members (excludes halogenated alkanes) is 1. The molecule has 0 aromatic heterocycles. The standard InChI is InChI=1S/C18H21BrN2O2/c19-15-7-5-6-14(12-15)13-23-17-9-2-1-8-16(17)18(22)21-11-4-3-10-20/h1-2,5-9,12H,3-4,10-11,13,20H2,(H,21,22). The molecule has 0 fully saturated rings. The van der Waals surface area contributed by atoms with E-state index in [1.54, 1.807) is 6.07 Å². The number of nitrogens with one attached hydrogen (secondary N) is 1. The molecule has 5 heteroatoms. The maximum atomic E-state index is 12.3. The first-order valence-electron chi connectivity index (χ1n) is 7.65. The molecule has 0 saturated carbocycles. The average molecular weight is 377 g/mol. The summed E-state index contributed by atoms with van der Waals surface area (Å²) < 4.78 is 6.83. The average Bonchev–Trinajstić information content (AvgIpc) is 2.57. The molecule has 2 rings (SSSR count). The highest BCUT2D eigenvalue weighted by Crippen LogP contribution is 2.20. The fraction of sp³-hybridized carbons (Fsp3) is 0.278. The maximum absolute atomic E-state index is 12.3. The lowest BCUT2D eigenvalue weighted by molar-refractivity contribution is 0.0948. The van der Waals surface area contributed by atoms with Gasteiger partial charge < -0.3 is 15.8 Å². The maximum Gasteiger partial charge on any atom is 0.255 e. The third-order valence-electron chi connectivity index (χ3n) is 3.33. The summed E-state index contributed by atoms with van der Waals surface area (Å²) in [6.45, 7) is 1.68. The Morgan fingerprint density at radius 2 is 1.96 bits per heavy atom. The van der Waals surface area contributed by atoms with Gasteiger partial charge in [0.2, 0.25) is 0 Å². The summed E-state index contributed by atoms with van der Waals surface area (Å²) in [5.74, 6) is 0.468. The number of para-hydroxylation sites is 1. The van der Waals surface area contributed by atoms with Crippen LogP contribution in [-0.4, -0.2) is 19.0 Å². The molecule has 3 N–H and O–H groups in total. The van der Waals surface area contributed by atoms with Crippen molar-refractivity contribution in [2.45, 2.75) is 19.4 Å². The van der Waals surface area contributed by atoms with Crippen LogP contribution in [0, 0.1) is 0 Å². The van der Waals surface area contributed by atoms with Crippen LogP contribution in [0.1, 0.15) is 28.8 Å². The molecule has 0 aliphatic rings. The minimum Gasteiger partial charge on any atom is -0.488 e. The van der Waals surface area contributed by atoms with Gasteiger partial charge in [-0.25, -0.2) is 0 Å². The predicted molar refractivity (Wildman–Crippen MR) is 95.5 cm³/mol. The second kappa shape index (κ2) is 9.33. The van der Waals surface area contributed by atoms with Gasteiger partial charge in [-0.2, -0.15) is 0 Å². The molecule has 1 amide bonds. The minimum absolute atomic E-state index is 0.119. The Kier molecular flexibility index (Phi) is 7.10. The predicted octanol–water partition coefficient (Wildman–Crippen LogP) is 3.50. The van der Waals surface area contributed by atoms with E-state index in [2.05, 4.69) is 21.2 Å². The van der Waals surface area contributed by atoms with Gasteiger partial charge in [0.25, 0.3) is 5.91 Å². The van der Waals surface area contributed by atoms with Gasteiger partial charge in [-0.3, -0.25) is 4.79 Å². The molecule has 0 unspecified atom stereocenters. The number of rotatable bonds is 8. The van der Waals surface area contributed by atoms with E-state index in [-0.39, 0.29) is 5.91 Å². The molecule has 23 heavy (non-hydrogen) atoms. The highest BCUT2D eigenvalue weighted by molar-refractivity contribution is 9.10. The lowest BCUT2D eigenvalue weighted by Crippen LogP contribution is -2.25. The van der Waals surface area contributed by atoms with Crippen molar-refractivity contribution in [3.8, 4) is 5.75 Å². The quantitative estimate of drug-likeness (QED) is 0.693. The van der Waals surface area contributed by atoms with Gasteiger partial charge in [-0.05, 0) is 49.2 Å². The zero-order valence-electron chi connectivity index (χ0n) is 12.9. The number of carbonyl (C=O) groups excluding carboxylic acids is 1. The molecule has 4 nitrogen and oxygen atoms in total. The SMILES string of the molecule is NCCCCNC(=O)c1ccccc1OCc1cccc(Br)c1. The van der Waals surface area contributed by atoms with Crippen LogP contribution in [-0.2, 0) is 6.61 Å². The van der Waals surface area contributed by atoms with E-state index >= 15 is 0 Å². The number of hydrogen-bond acceptors (Lipinski definition) is 3. The van der Waals surface area contributed by atoms with E-state index < -0.39 is 0 Å². The fourth-order valence-corrected chi connectivity index (χ4v) is 2.58. The number of halogens is 1. The summed E-state index contributed by atoms with van der Waals surface area (Å²) in [5, 5.41) is 2.90. The Bertz CT molecular complexity index is 646. The minimum atomic E-state index is -0.119. The second-order valence-corrected chi connectivity index (χ2v) is 6.08. The topological polar surface area (TPSA) is 64.3 Å². The van der Waals surface area contributed by atoms with Crippen molar-refractivity contribution < 1.29 is 9.53 Å². The molecule has 0 aliphatic carbocycles. The Labute approximate surface area is 145 Å². The Balaban J connectivity index is 1.98. The molecule has 0 aliphatic heterocycles. The van der Waals surface area contributed by atoms with Gasteiger partial charge >= 0.3 is 0 Å². The molecule has 2 aromatic rings. The van der Waals surface area contributed by atoms with Crippen LogP contribution in [0.4, 0.5) is 0 Å². The Morgan fingerprint density at radius 1 is 1.13 bits per heavy atom. The van der Waals surface area contributed by atoms with Crippen LogP contribution < -0.4 is 15.8 Å². The van der Waals surface area contributed by atoms with Crippen LogP contribution >= 0.6 is 15.9 Å². The van der Waals surface area contributed by atoms with Gasteiger partial charge in [-0.1, -0.05) is 40.2 Å². The lowest BCUT2D eigenvalue weighted by atomic mass is 10.2. The highest BCUT2D eigenvalue weighted by atomic mass is 79.9. The summed E-state index contributed by atoms with van der Waals surface area (Å²) in [4.78, 5) is 12.3. The Morgan fingerprint density at radius 3 is 2.74 bits per heavy atom. The van der Waals surface area contributed by atoms with Crippen molar-refractivity contribution in [3.63, 3.8) is 0 Å². The van der Waals surface area contributed by atoms with Crippen LogP contribution in [0.15, 0.2) is 53.0 Å². The van der Waals surface area contributed by atoms with Gasteiger partial charge in [-0.15, -0.1) is 0 Å². The molecule has 0 heterocycles. The molecule has 0 saturated heterocycles. The summed E-state index contributed by atoms with van der Waals surface area (Å²) >= 11 is 3.44. The van der Waals surface area contributed by atoms with Crippen LogP contribution in [0.25, 0.3) is 0 Å². The van der Waals surface area contributed by atoms with Gasteiger partial charge in [0.05, 0.1) is 5.56 Å². The van der Waals surface area contributed by atoms with E-state index in [0.29, 0.717) is 31.0 Å². The highest BCUT2D eigenvalue weighted by Gasteiger charge is 2.11. The van der Waals surface area contributed by atoms with Gasteiger partial charge in [0.1, 0.15) is 12.4 Å². The third kappa shape index (κ3) is 5.69. The van der Waals surface area contributed by atoms with Crippen molar-refractivity contribution in [1.29, 1.82) is 0 Å². The van der Waals surface area contributed by atoms with Gasteiger partial charge in [0, 0.05) is 11.0 Å². The molecule has 0 bridgehead atoms. The summed E-state index contributed by atoms with van der Waals surface area (Å²) in [7, 11) is 0. The summed E-state index contributed by atoms with van der Waals surface area (Å²) in [5.41, 5.74) is 7.04. The first-order chi connectivity index (χ1) is 11.2. The van der Waals surface area contributed by atoms with Crippen molar-refractivity contribution in [3.05, 3.63) is 64.1 Å². The molecular formula is C18H21BrN2O2. The van der Waals surface area contributed by atoms with Crippen LogP contribution in [0.3, 0.4) is 0 Å². The fourth-order valence-electron chi connectivity index (χ4n) is 2.13. The smallest absolute Gasteiger partial charge is 0.255 e. The summed E-state index contributed by atoms with van der Waals surface area (Å²) in [6, 6.07) is 15.2. The number of carbonyl (C=O) groups is 1. The molecule has 0 spiro atoms. The zero-order chi connectivity index (χ0) is 16.5. The second-order valence-electron chi connectivity index (χ2n) is 5.17. The largest absolute Gasteiger partial charge is 0.488 e. The first kappa shape index (κ1) is 17.5. The van der Waals surface area contributed by atoms with Crippen molar-refractivity contribution in [2.75, 3.05) is 13.1 Å². The van der Waals surface area contributed by atoms with Crippen molar-refractivity contribution in [2.24, 2.45) is 5.73 Å². The molecular weight excluding hydrogens is 356 g/mol. The lowest BCUT2D eigenvalue weighted by Gasteiger charge is -2.12. The number of ether oxygens (including phenoxy) is 1. The van der Waals surface area contributed by atoms with E-state index in [0.717, 1.165) is 22.9 Å². The number of hydrogen-bond donors (Lipinski definition) is 2. The van der Waals surface area contributed by atoms with E-state index in [1.807, 2.05) is 42.5 Å². The van der Waals surface area contributed by atoms with E-state index in [9.17, 15) is 4.79 Å².